The molecule has 0 bridgehead atoms. The first-order valence-corrected chi connectivity index (χ1v) is 5.08. The van der Waals surface area contributed by atoms with Crippen molar-refractivity contribution in [1.82, 2.24) is 0 Å². The van der Waals surface area contributed by atoms with Crippen molar-refractivity contribution in [2.75, 3.05) is 7.11 Å². The third-order valence-corrected chi connectivity index (χ3v) is 3.10. The number of benzene rings is 1. The van der Waals surface area contributed by atoms with E-state index in [1.54, 1.807) is 24.3 Å². The largest absolute Gasteiger partial charge is 0.467 e. The van der Waals surface area contributed by atoms with Crippen LogP contribution < -0.4 is 0 Å². The molecule has 0 aliphatic heterocycles. The molecular formula is C12H9ClO3. The number of hydrogen-bond donors (Lipinski definition) is 0. The normalized spacial score (nSPS) is 22.8. The summed E-state index contributed by atoms with van der Waals surface area (Å²) in [6, 6.07) is 6.98. The Kier molecular flexibility index (Phi) is 2.56. The highest BCUT2D eigenvalue weighted by molar-refractivity contribution is 6.47. The number of carbonyl (C=O) groups excluding carboxylic acids is 2. The predicted octanol–water partition coefficient (Wildman–Crippen LogP) is 1.89. The molecule has 0 saturated heterocycles. The van der Waals surface area contributed by atoms with Gasteiger partial charge in [-0.1, -0.05) is 41.9 Å². The molecule has 0 spiro atoms. The molecule has 16 heavy (non-hydrogen) atoms. The Morgan fingerprint density at radius 2 is 2.00 bits per heavy atom. The lowest BCUT2D eigenvalue weighted by atomic mass is 9.85. The number of fused-ring (bicyclic) bond motifs is 1. The van der Waals surface area contributed by atoms with Crippen molar-refractivity contribution in [1.29, 1.82) is 0 Å². The molecule has 0 heterocycles. The van der Waals surface area contributed by atoms with Gasteiger partial charge in [-0.15, -0.1) is 0 Å². The molecule has 0 fully saturated rings. The van der Waals surface area contributed by atoms with Gasteiger partial charge in [0.2, 0.25) is 4.87 Å². The van der Waals surface area contributed by atoms with Crippen molar-refractivity contribution in [3.8, 4) is 0 Å². The fourth-order valence-electron chi connectivity index (χ4n) is 1.72. The molecule has 0 radical (unpaired) electrons. The quantitative estimate of drug-likeness (QED) is 0.425. The smallest absolute Gasteiger partial charge is 0.339 e. The second-order valence-electron chi connectivity index (χ2n) is 3.43. The van der Waals surface area contributed by atoms with Gasteiger partial charge in [-0.05, 0) is 17.2 Å². The minimum absolute atomic E-state index is 0.469. The van der Waals surface area contributed by atoms with Crippen LogP contribution in [-0.2, 0) is 19.2 Å². The van der Waals surface area contributed by atoms with E-state index in [0.717, 1.165) is 5.56 Å². The first-order valence-electron chi connectivity index (χ1n) is 4.70. The monoisotopic (exact) mass is 236 g/mol. The number of ether oxygens (including phenoxy) is 1. The van der Waals surface area contributed by atoms with Crippen LogP contribution in [-0.4, -0.2) is 18.9 Å². The van der Waals surface area contributed by atoms with Gasteiger partial charge in [0, 0.05) is 0 Å². The molecule has 0 N–H and O–H groups in total. The molecule has 1 aliphatic rings. The molecule has 3 nitrogen and oxygen atoms in total. The average molecular weight is 237 g/mol. The van der Waals surface area contributed by atoms with E-state index in [2.05, 4.69) is 4.74 Å². The summed E-state index contributed by atoms with van der Waals surface area (Å²) in [5, 5.41) is 0. The van der Waals surface area contributed by atoms with Gasteiger partial charge in [-0.2, -0.15) is 0 Å². The lowest BCUT2D eigenvalue weighted by Crippen LogP contribution is -2.40. The van der Waals surface area contributed by atoms with Gasteiger partial charge in [0.1, 0.15) is 0 Å². The highest BCUT2D eigenvalue weighted by Gasteiger charge is 2.48. The van der Waals surface area contributed by atoms with E-state index in [1.807, 2.05) is 6.07 Å². The summed E-state index contributed by atoms with van der Waals surface area (Å²) < 4.78 is 4.59. The zero-order chi connectivity index (χ0) is 11.8. The minimum Gasteiger partial charge on any atom is -0.467 e. The molecule has 82 valence electrons. The Morgan fingerprint density at radius 3 is 2.69 bits per heavy atom. The maximum atomic E-state index is 11.8. The first-order chi connectivity index (χ1) is 7.60. The summed E-state index contributed by atoms with van der Waals surface area (Å²) in [4.78, 5) is 21.7. The standard InChI is InChI=1S/C12H9ClO3/c1-16-11(15)12(13)9-5-3-2-4-8(9)6-7-10(12)14/h2-7H,1H3/t12-/m1/s1. The molecule has 0 amide bonds. The molecular weight excluding hydrogens is 228 g/mol. The van der Waals surface area contributed by atoms with Crippen LogP contribution in [0.15, 0.2) is 30.3 Å². The number of methoxy groups -OCH3 is 1. The topological polar surface area (TPSA) is 43.4 Å². The highest BCUT2D eigenvalue weighted by atomic mass is 35.5. The molecule has 1 aliphatic carbocycles. The maximum absolute atomic E-state index is 11.8. The third-order valence-electron chi connectivity index (χ3n) is 2.55. The van der Waals surface area contributed by atoms with E-state index in [1.165, 1.54) is 13.2 Å². The zero-order valence-corrected chi connectivity index (χ0v) is 9.32. The molecule has 1 atom stereocenters. The Balaban J connectivity index is 2.66. The van der Waals surface area contributed by atoms with Crippen molar-refractivity contribution in [2.24, 2.45) is 0 Å². The van der Waals surface area contributed by atoms with Crippen LogP contribution in [0.2, 0.25) is 0 Å². The van der Waals surface area contributed by atoms with Crippen molar-refractivity contribution >= 4 is 29.4 Å². The molecule has 2 rings (SSSR count). The Labute approximate surface area is 97.7 Å². The molecule has 4 heteroatoms. The van der Waals surface area contributed by atoms with Crippen LogP contribution >= 0.6 is 11.6 Å². The number of alkyl halides is 1. The van der Waals surface area contributed by atoms with Gasteiger partial charge in [0.15, 0.2) is 5.78 Å². The summed E-state index contributed by atoms with van der Waals surface area (Å²) in [5.41, 5.74) is 1.22. The van der Waals surface area contributed by atoms with Gasteiger partial charge in [0.05, 0.1) is 7.11 Å². The predicted molar refractivity (Wildman–Crippen MR) is 60.0 cm³/mol. The van der Waals surface area contributed by atoms with Crippen molar-refractivity contribution in [2.45, 2.75) is 4.87 Å². The summed E-state index contributed by atoms with van der Waals surface area (Å²) in [6.45, 7) is 0. The molecule has 1 aromatic rings. The van der Waals surface area contributed by atoms with E-state index >= 15 is 0 Å². The van der Waals surface area contributed by atoms with Crippen molar-refractivity contribution < 1.29 is 14.3 Å². The summed E-state index contributed by atoms with van der Waals surface area (Å²) in [5.74, 6) is -1.23. The Bertz CT molecular complexity index is 493. The average Bonchev–Trinajstić information content (AvgIpc) is 2.33. The number of hydrogen-bond acceptors (Lipinski definition) is 3. The number of rotatable bonds is 1. The van der Waals surface area contributed by atoms with Gasteiger partial charge in [-0.3, -0.25) is 4.79 Å². The summed E-state index contributed by atoms with van der Waals surface area (Å²) in [6.07, 6.45) is 2.94. The van der Waals surface area contributed by atoms with Crippen LogP contribution in [0.5, 0.6) is 0 Å². The minimum atomic E-state index is -1.74. The van der Waals surface area contributed by atoms with Gasteiger partial charge in [0.25, 0.3) is 0 Å². The fourth-order valence-corrected chi connectivity index (χ4v) is 2.03. The van der Waals surface area contributed by atoms with Gasteiger partial charge >= 0.3 is 5.97 Å². The lowest BCUT2D eigenvalue weighted by Gasteiger charge is -2.26. The highest BCUT2D eigenvalue weighted by Crippen LogP contribution is 2.38. The molecule has 0 saturated carbocycles. The van der Waals surface area contributed by atoms with Gasteiger partial charge in [-0.25, -0.2) is 4.79 Å². The van der Waals surface area contributed by atoms with Crippen LogP contribution in [0.1, 0.15) is 11.1 Å². The van der Waals surface area contributed by atoms with E-state index in [9.17, 15) is 9.59 Å². The second kappa shape index (κ2) is 3.76. The zero-order valence-electron chi connectivity index (χ0n) is 8.57. The van der Waals surface area contributed by atoms with E-state index in [4.69, 9.17) is 11.6 Å². The molecule has 0 aromatic heterocycles. The van der Waals surface area contributed by atoms with E-state index < -0.39 is 16.6 Å². The summed E-state index contributed by atoms with van der Waals surface area (Å²) >= 11 is 6.13. The maximum Gasteiger partial charge on any atom is 0.339 e. The van der Waals surface area contributed by atoms with Crippen LogP contribution in [0.4, 0.5) is 0 Å². The van der Waals surface area contributed by atoms with Crippen LogP contribution in [0.3, 0.4) is 0 Å². The van der Waals surface area contributed by atoms with Crippen molar-refractivity contribution in [3.05, 3.63) is 41.5 Å². The number of carbonyl (C=O) groups is 2. The SMILES string of the molecule is COC(=O)[C@]1(Cl)C(=O)C=Cc2ccccc21. The lowest BCUT2D eigenvalue weighted by molar-refractivity contribution is -0.146. The molecule has 1 aromatic carbocycles. The number of esters is 1. The second-order valence-corrected chi connectivity index (χ2v) is 4.00. The number of ketones is 1. The Hall–Kier alpha value is -1.61. The number of halogens is 1. The fraction of sp³-hybridized carbons (Fsp3) is 0.167. The molecule has 0 unspecified atom stereocenters. The summed E-state index contributed by atoms with van der Waals surface area (Å²) in [7, 11) is 1.21. The van der Waals surface area contributed by atoms with E-state index in [0.29, 0.717) is 5.56 Å². The van der Waals surface area contributed by atoms with E-state index in [-0.39, 0.29) is 0 Å². The van der Waals surface area contributed by atoms with Crippen molar-refractivity contribution in [3.63, 3.8) is 0 Å². The Morgan fingerprint density at radius 1 is 1.31 bits per heavy atom. The van der Waals surface area contributed by atoms with Gasteiger partial charge < -0.3 is 4.74 Å². The number of allylic oxidation sites excluding steroid dienone is 1. The van der Waals surface area contributed by atoms with Crippen LogP contribution in [0, 0.1) is 0 Å². The third kappa shape index (κ3) is 1.36. The first kappa shape index (κ1) is 10.9. The van der Waals surface area contributed by atoms with Crippen LogP contribution in [0.25, 0.3) is 6.08 Å².